The van der Waals surface area contributed by atoms with Crippen molar-refractivity contribution >= 4 is 54.1 Å². The van der Waals surface area contributed by atoms with Gasteiger partial charge in [0.25, 0.3) is 0 Å². The lowest BCUT2D eigenvalue weighted by Crippen LogP contribution is -1.94. The molecule has 0 spiro atoms. The van der Waals surface area contributed by atoms with E-state index in [1.54, 1.807) is 0 Å². The number of rotatable bonds is 3. The molecule has 0 saturated carbocycles. The summed E-state index contributed by atoms with van der Waals surface area (Å²) in [4.78, 5) is 4.67. The summed E-state index contributed by atoms with van der Waals surface area (Å²) >= 11 is 0. The molecule has 2 heteroatoms. The van der Waals surface area contributed by atoms with Crippen molar-refractivity contribution in [3.05, 3.63) is 146 Å². The van der Waals surface area contributed by atoms with Gasteiger partial charge in [0.1, 0.15) is 0 Å². The SMILES string of the molecule is c1ccc(-c2ccc3ccc4c(-c5cccc(-n6c7ccccc7c7ccccc76)c5)ccc5ccc2c3c54)nc1. The van der Waals surface area contributed by atoms with E-state index in [4.69, 9.17) is 0 Å². The molecule has 7 aromatic carbocycles. The molecule has 0 radical (unpaired) electrons. The van der Waals surface area contributed by atoms with Crippen LogP contribution in [0.3, 0.4) is 0 Å². The summed E-state index contributed by atoms with van der Waals surface area (Å²) in [5.41, 5.74) is 8.26. The molecular weight excluding hydrogens is 496 g/mol. The number of benzene rings is 7. The lowest BCUT2D eigenvalue weighted by atomic mass is 9.88. The van der Waals surface area contributed by atoms with Gasteiger partial charge in [-0.1, -0.05) is 103 Å². The summed E-state index contributed by atoms with van der Waals surface area (Å²) in [6.45, 7) is 0. The highest BCUT2D eigenvalue weighted by Crippen LogP contribution is 2.42. The van der Waals surface area contributed by atoms with E-state index in [9.17, 15) is 0 Å². The van der Waals surface area contributed by atoms with Gasteiger partial charge in [-0.2, -0.15) is 0 Å². The van der Waals surface area contributed by atoms with E-state index in [2.05, 4.69) is 143 Å². The Bertz CT molecular complexity index is 2360. The van der Waals surface area contributed by atoms with Crippen molar-refractivity contribution in [3.8, 4) is 28.1 Å². The fraction of sp³-hybridized carbons (Fsp3) is 0. The van der Waals surface area contributed by atoms with Crippen molar-refractivity contribution in [1.82, 2.24) is 9.55 Å². The van der Waals surface area contributed by atoms with Crippen molar-refractivity contribution < 1.29 is 0 Å². The van der Waals surface area contributed by atoms with E-state index in [0.29, 0.717) is 0 Å². The average Bonchev–Trinajstić information content (AvgIpc) is 3.38. The summed E-state index contributed by atoms with van der Waals surface area (Å²) in [5.74, 6) is 0. The largest absolute Gasteiger partial charge is 0.309 e. The van der Waals surface area contributed by atoms with Crippen LogP contribution in [0.5, 0.6) is 0 Å². The zero-order valence-electron chi connectivity index (χ0n) is 22.3. The van der Waals surface area contributed by atoms with Crippen LogP contribution in [0, 0.1) is 0 Å². The zero-order chi connectivity index (χ0) is 26.9. The van der Waals surface area contributed by atoms with Gasteiger partial charge in [-0.25, -0.2) is 0 Å². The molecule has 0 aliphatic carbocycles. The highest BCUT2D eigenvalue weighted by atomic mass is 15.0. The molecule has 0 saturated heterocycles. The standard InChI is InChI=1S/C39H24N2/c1-3-13-36-31(10-1)32-11-2-4-14-37(32)41(36)28-9-7-8-27(24-28)29-19-15-25-18-22-34-30(35-12-5-6-23-40-35)20-16-26-17-21-33(29)38(25)39(26)34/h1-24H. The summed E-state index contributed by atoms with van der Waals surface area (Å²) in [7, 11) is 0. The second-order valence-electron chi connectivity index (χ2n) is 10.8. The van der Waals surface area contributed by atoms with Crippen LogP contribution in [0.15, 0.2) is 146 Å². The molecule has 0 amide bonds. The second-order valence-corrected chi connectivity index (χ2v) is 10.8. The number of hydrogen-bond acceptors (Lipinski definition) is 1. The first kappa shape index (κ1) is 22.4. The van der Waals surface area contributed by atoms with E-state index in [-0.39, 0.29) is 0 Å². The summed E-state index contributed by atoms with van der Waals surface area (Å²) in [6, 6.07) is 50.6. The average molecular weight is 521 g/mol. The Morgan fingerprint density at radius 1 is 0.439 bits per heavy atom. The van der Waals surface area contributed by atoms with Crippen molar-refractivity contribution in [3.63, 3.8) is 0 Å². The number of para-hydroxylation sites is 2. The maximum absolute atomic E-state index is 4.67. The van der Waals surface area contributed by atoms with Gasteiger partial charge in [0, 0.05) is 28.2 Å². The zero-order valence-corrected chi connectivity index (χ0v) is 22.3. The highest BCUT2D eigenvalue weighted by molar-refractivity contribution is 6.27. The summed E-state index contributed by atoms with van der Waals surface area (Å²) in [6.07, 6.45) is 1.87. The molecule has 0 bridgehead atoms. The lowest BCUT2D eigenvalue weighted by molar-refractivity contribution is 1.18. The minimum atomic E-state index is 1.00. The van der Waals surface area contributed by atoms with Crippen molar-refractivity contribution in [2.45, 2.75) is 0 Å². The molecule has 0 aliphatic rings. The van der Waals surface area contributed by atoms with Crippen molar-refractivity contribution in [2.24, 2.45) is 0 Å². The maximum Gasteiger partial charge on any atom is 0.0708 e. The van der Waals surface area contributed by atoms with Gasteiger partial charge in [-0.15, -0.1) is 0 Å². The molecule has 41 heavy (non-hydrogen) atoms. The fourth-order valence-electron chi connectivity index (χ4n) is 6.81. The Labute approximate surface area is 237 Å². The fourth-order valence-corrected chi connectivity index (χ4v) is 6.81. The third-order valence-corrected chi connectivity index (χ3v) is 8.60. The molecule has 2 heterocycles. The van der Waals surface area contributed by atoms with Gasteiger partial charge in [-0.05, 0) is 79.8 Å². The van der Waals surface area contributed by atoms with E-state index >= 15 is 0 Å². The second kappa shape index (κ2) is 8.51. The van der Waals surface area contributed by atoms with Crippen LogP contribution in [0.2, 0.25) is 0 Å². The van der Waals surface area contributed by atoms with E-state index in [1.165, 1.54) is 76.5 Å². The normalized spacial score (nSPS) is 11.9. The molecule has 0 atom stereocenters. The molecule has 2 nitrogen and oxygen atoms in total. The predicted molar refractivity (Wildman–Crippen MR) is 173 cm³/mol. The Morgan fingerprint density at radius 3 is 1.73 bits per heavy atom. The smallest absolute Gasteiger partial charge is 0.0708 e. The Balaban J connectivity index is 1.30. The molecule has 2 aromatic heterocycles. The Morgan fingerprint density at radius 2 is 1.05 bits per heavy atom. The van der Waals surface area contributed by atoms with E-state index in [1.807, 2.05) is 12.3 Å². The maximum atomic E-state index is 4.67. The van der Waals surface area contributed by atoms with Gasteiger partial charge in [0.05, 0.1) is 16.7 Å². The third-order valence-electron chi connectivity index (χ3n) is 8.60. The minimum absolute atomic E-state index is 1.00. The number of nitrogens with zero attached hydrogens (tertiary/aromatic N) is 2. The number of aromatic nitrogens is 2. The highest BCUT2D eigenvalue weighted by Gasteiger charge is 2.16. The Hall–Kier alpha value is -5.47. The van der Waals surface area contributed by atoms with Crippen LogP contribution in [0.1, 0.15) is 0 Å². The predicted octanol–water partition coefficient (Wildman–Crippen LogP) is 10.4. The topological polar surface area (TPSA) is 17.8 Å². The molecule has 0 aliphatic heterocycles. The first-order valence-electron chi connectivity index (χ1n) is 14.1. The molecule has 0 unspecified atom stereocenters. The Kier molecular flexibility index (Phi) is 4.64. The number of fused-ring (bicyclic) bond motifs is 3. The van der Waals surface area contributed by atoms with Gasteiger partial charge < -0.3 is 4.57 Å². The molecular formula is C39H24N2. The molecule has 0 fully saturated rings. The monoisotopic (exact) mass is 520 g/mol. The number of pyridine rings is 1. The van der Waals surface area contributed by atoms with Crippen molar-refractivity contribution in [2.75, 3.05) is 0 Å². The van der Waals surface area contributed by atoms with Crippen LogP contribution in [0.4, 0.5) is 0 Å². The molecule has 9 rings (SSSR count). The molecule has 190 valence electrons. The van der Waals surface area contributed by atoms with Crippen LogP contribution in [0.25, 0.3) is 82.2 Å². The van der Waals surface area contributed by atoms with Crippen LogP contribution < -0.4 is 0 Å². The van der Waals surface area contributed by atoms with Crippen molar-refractivity contribution in [1.29, 1.82) is 0 Å². The van der Waals surface area contributed by atoms with E-state index in [0.717, 1.165) is 5.69 Å². The van der Waals surface area contributed by atoms with Crippen LogP contribution in [-0.2, 0) is 0 Å². The van der Waals surface area contributed by atoms with Gasteiger partial charge in [0.15, 0.2) is 0 Å². The lowest BCUT2D eigenvalue weighted by Gasteiger charge is -2.17. The van der Waals surface area contributed by atoms with Gasteiger partial charge >= 0.3 is 0 Å². The third kappa shape index (κ3) is 3.22. The number of hydrogen-bond donors (Lipinski definition) is 0. The first-order valence-corrected chi connectivity index (χ1v) is 14.1. The molecule has 9 aromatic rings. The first-order chi connectivity index (χ1) is 20.3. The summed E-state index contributed by atoms with van der Waals surface area (Å²) in [5, 5.41) is 10.2. The minimum Gasteiger partial charge on any atom is -0.309 e. The summed E-state index contributed by atoms with van der Waals surface area (Å²) < 4.78 is 2.39. The van der Waals surface area contributed by atoms with Crippen LogP contribution in [-0.4, -0.2) is 9.55 Å². The molecule has 0 N–H and O–H groups in total. The van der Waals surface area contributed by atoms with Gasteiger partial charge in [-0.3, -0.25) is 4.98 Å². The quantitative estimate of drug-likeness (QED) is 0.212. The van der Waals surface area contributed by atoms with Gasteiger partial charge in [0.2, 0.25) is 0 Å². The van der Waals surface area contributed by atoms with Crippen LogP contribution >= 0.6 is 0 Å². The van der Waals surface area contributed by atoms with E-state index < -0.39 is 0 Å².